The van der Waals surface area contributed by atoms with E-state index in [0.29, 0.717) is 24.7 Å². The molecule has 5 rings (SSSR count). The highest BCUT2D eigenvalue weighted by molar-refractivity contribution is 6.30. The predicted octanol–water partition coefficient (Wildman–Crippen LogP) is 3.84. The zero-order chi connectivity index (χ0) is 23.8. The maximum absolute atomic E-state index is 13.2. The zero-order valence-electron chi connectivity index (χ0n) is 19.4. The number of hydrogen-bond acceptors (Lipinski definition) is 4. The SMILES string of the molecule is Cc1nn(-c2ccccc2)c(C)c1N1CCN(C(=O)C2CC(=O)N(c3ccc(Cl)cc3)C2)CC1. The van der Waals surface area contributed by atoms with E-state index in [-0.39, 0.29) is 24.2 Å². The molecule has 2 aromatic carbocycles. The highest BCUT2D eigenvalue weighted by Gasteiger charge is 2.38. The predicted molar refractivity (Wildman–Crippen MR) is 134 cm³/mol. The lowest BCUT2D eigenvalue weighted by Gasteiger charge is -2.37. The van der Waals surface area contributed by atoms with Crippen LogP contribution >= 0.6 is 11.6 Å². The Labute approximate surface area is 204 Å². The molecule has 2 amide bonds. The fourth-order valence-electron chi connectivity index (χ4n) is 5.06. The third kappa shape index (κ3) is 4.16. The lowest BCUT2D eigenvalue weighted by Crippen LogP contribution is -2.51. The molecule has 0 radical (unpaired) electrons. The van der Waals surface area contributed by atoms with Crippen molar-refractivity contribution in [3.63, 3.8) is 0 Å². The number of aromatic nitrogens is 2. The zero-order valence-corrected chi connectivity index (χ0v) is 20.2. The number of piperazine rings is 1. The average molecular weight is 478 g/mol. The molecule has 2 aliphatic heterocycles. The highest BCUT2D eigenvalue weighted by Crippen LogP contribution is 2.30. The molecular weight excluding hydrogens is 450 g/mol. The van der Waals surface area contributed by atoms with Gasteiger partial charge in [0.15, 0.2) is 0 Å². The number of nitrogens with zero attached hydrogens (tertiary/aromatic N) is 5. The minimum atomic E-state index is -0.306. The van der Waals surface area contributed by atoms with Crippen LogP contribution < -0.4 is 9.80 Å². The molecule has 7 nitrogen and oxygen atoms in total. The molecule has 0 aliphatic carbocycles. The molecule has 1 atom stereocenters. The summed E-state index contributed by atoms with van der Waals surface area (Å²) in [5.74, 6) is -0.254. The summed E-state index contributed by atoms with van der Waals surface area (Å²) in [5, 5.41) is 5.39. The maximum atomic E-state index is 13.2. The molecule has 8 heteroatoms. The van der Waals surface area contributed by atoms with Crippen molar-refractivity contribution in [2.75, 3.05) is 42.5 Å². The number of para-hydroxylation sites is 1. The Morgan fingerprint density at radius 3 is 2.29 bits per heavy atom. The first-order valence-corrected chi connectivity index (χ1v) is 12.0. The number of carbonyl (C=O) groups is 2. The van der Waals surface area contributed by atoms with Crippen LogP contribution in [0, 0.1) is 19.8 Å². The Hall–Kier alpha value is -3.32. The van der Waals surface area contributed by atoms with E-state index in [2.05, 4.69) is 24.0 Å². The summed E-state index contributed by atoms with van der Waals surface area (Å²) >= 11 is 5.97. The minimum absolute atomic E-state index is 0.0149. The summed E-state index contributed by atoms with van der Waals surface area (Å²) in [6.45, 7) is 7.32. The Kier molecular flexibility index (Phi) is 6.04. The molecule has 2 fully saturated rings. The van der Waals surface area contributed by atoms with Gasteiger partial charge in [-0.05, 0) is 50.2 Å². The lowest BCUT2D eigenvalue weighted by molar-refractivity contribution is -0.136. The highest BCUT2D eigenvalue weighted by atomic mass is 35.5. The van der Waals surface area contributed by atoms with Gasteiger partial charge in [-0.15, -0.1) is 0 Å². The summed E-state index contributed by atoms with van der Waals surface area (Å²) in [7, 11) is 0. The van der Waals surface area contributed by atoms with E-state index >= 15 is 0 Å². The van der Waals surface area contributed by atoms with Gasteiger partial charge in [-0.2, -0.15) is 5.10 Å². The molecule has 0 N–H and O–H groups in total. The van der Waals surface area contributed by atoms with Gasteiger partial charge in [0.25, 0.3) is 0 Å². The summed E-state index contributed by atoms with van der Waals surface area (Å²) < 4.78 is 1.98. The number of halogens is 1. The first-order chi connectivity index (χ1) is 16.4. The molecule has 2 aliphatic rings. The van der Waals surface area contributed by atoms with Crippen LogP contribution in [0.4, 0.5) is 11.4 Å². The summed E-state index contributed by atoms with van der Waals surface area (Å²) in [6, 6.07) is 17.3. The molecule has 1 aromatic heterocycles. The van der Waals surface area contributed by atoms with Crippen molar-refractivity contribution in [1.29, 1.82) is 0 Å². The van der Waals surface area contributed by atoms with Gasteiger partial charge in [0.2, 0.25) is 11.8 Å². The third-order valence-corrected chi connectivity index (χ3v) is 7.03. The van der Waals surface area contributed by atoms with E-state index in [4.69, 9.17) is 16.7 Å². The Balaban J connectivity index is 1.24. The fourth-order valence-corrected chi connectivity index (χ4v) is 5.19. The van der Waals surface area contributed by atoms with E-state index in [1.165, 1.54) is 0 Å². The number of carbonyl (C=O) groups excluding carboxylic acids is 2. The third-order valence-electron chi connectivity index (χ3n) is 6.77. The van der Waals surface area contributed by atoms with Crippen LogP contribution in [0.15, 0.2) is 54.6 Å². The molecule has 34 heavy (non-hydrogen) atoms. The van der Waals surface area contributed by atoms with Gasteiger partial charge >= 0.3 is 0 Å². The molecule has 2 saturated heterocycles. The number of anilines is 2. The first kappa shape index (κ1) is 22.5. The van der Waals surface area contributed by atoms with E-state index in [0.717, 1.165) is 41.5 Å². The number of rotatable bonds is 4. The van der Waals surface area contributed by atoms with Crippen LogP contribution in [-0.2, 0) is 9.59 Å². The van der Waals surface area contributed by atoms with Crippen molar-refractivity contribution in [2.24, 2.45) is 5.92 Å². The molecule has 3 heterocycles. The number of benzene rings is 2. The van der Waals surface area contributed by atoms with Crippen molar-refractivity contribution in [3.8, 4) is 5.69 Å². The van der Waals surface area contributed by atoms with Gasteiger partial charge in [-0.3, -0.25) is 9.59 Å². The monoisotopic (exact) mass is 477 g/mol. The Morgan fingerprint density at radius 1 is 0.941 bits per heavy atom. The largest absolute Gasteiger partial charge is 0.365 e. The van der Waals surface area contributed by atoms with Crippen LogP contribution in [0.1, 0.15) is 17.8 Å². The van der Waals surface area contributed by atoms with Crippen molar-refractivity contribution in [2.45, 2.75) is 20.3 Å². The van der Waals surface area contributed by atoms with Crippen molar-refractivity contribution >= 4 is 34.8 Å². The molecule has 0 spiro atoms. The van der Waals surface area contributed by atoms with Gasteiger partial charge in [-0.1, -0.05) is 29.8 Å². The van der Waals surface area contributed by atoms with E-state index in [1.54, 1.807) is 17.0 Å². The summed E-state index contributed by atoms with van der Waals surface area (Å²) in [6.07, 6.45) is 0.254. The second kappa shape index (κ2) is 9.14. The minimum Gasteiger partial charge on any atom is -0.365 e. The second-order valence-electron chi connectivity index (χ2n) is 8.96. The van der Waals surface area contributed by atoms with Crippen LogP contribution in [0.2, 0.25) is 5.02 Å². The molecular formula is C26H28ClN5O2. The molecule has 1 unspecified atom stereocenters. The van der Waals surface area contributed by atoms with Crippen molar-refractivity contribution in [3.05, 3.63) is 71.0 Å². The Bertz CT molecular complexity index is 1200. The number of hydrogen-bond donors (Lipinski definition) is 0. The van der Waals surface area contributed by atoms with Crippen molar-refractivity contribution in [1.82, 2.24) is 14.7 Å². The second-order valence-corrected chi connectivity index (χ2v) is 9.40. The van der Waals surface area contributed by atoms with Gasteiger partial charge < -0.3 is 14.7 Å². The Morgan fingerprint density at radius 2 is 1.62 bits per heavy atom. The smallest absolute Gasteiger partial charge is 0.228 e. The van der Waals surface area contributed by atoms with Gasteiger partial charge in [-0.25, -0.2) is 4.68 Å². The van der Waals surface area contributed by atoms with Gasteiger partial charge in [0.05, 0.1) is 28.7 Å². The summed E-state index contributed by atoms with van der Waals surface area (Å²) in [4.78, 5) is 31.8. The maximum Gasteiger partial charge on any atom is 0.228 e. The van der Waals surface area contributed by atoms with Crippen LogP contribution in [0.25, 0.3) is 5.69 Å². The quantitative estimate of drug-likeness (QED) is 0.572. The standard InChI is InChI=1S/C26H28ClN5O2/c1-18-25(19(2)32(28-18)23-6-4-3-5-7-23)29-12-14-30(15-13-29)26(34)20-16-24(33)31(17-20)22-10-8-21(27)9-11-22/h3-11,20H,12-17H2,1-2H3. The lowest BCUT2D eigenvalue weighted by atomic mass is 10.1. The first-order valence-electron chi connectivity index (χ1n) is 11.6. The van der Waals surface area contributed by atoms with E-state index in [1.807, 2.05) is 46.8 Å². The van der Waals surface area contributed by atoms with E-state index in [9.17, 15) is 9.59 Å². The molecule has 0 bridgehead atoms. The average Bonchev–Trinajstić information content (AvgIpc) is 3.39. The molecule has 0 saturated carbocycles. The van der Waals surface area contributed by atoms with Crippen LogP contribution in [0.3, 0.4) is 0 Å². The van der Waals surface area contributed by atoms with Crippen LogP contribution in [-0.4, -0.2) is 59.2 Å². The van der Waals surface area contributed by atoms with Gasteiger partial charge in [0.1, 0.15) is 0 Å². The van der Waals surface area contributed by atoms with Crippen LogP contribution in [0.5, 0.6) is 0 Å². The summed E-state index contributed by atoms with van der Waals surface area (Å²) in [5.41, 5.74) is 5.06. The van der Waals surface area contributed by atoms with Gasteiger partial charge in [0, 0.05) is 49.9 Å². The number of aryl methyl sites for hydroxylation is 1. The fraction of sp³-hybridized carbons (Fsp3) is 0.346. The normalized spacial score (nSPS) is 18.6. The van der Waals surface area contributed by atoms with Crippen molar-refractivity contribution < 1.29 is 9.59 Å². The molecule has 176 valence electrons. The van der Waals surface area contributed by atoms with E-state index < -0.39 is 0 Å². The molecule has 3 aromatic rings. The number of amides is 2. The topological polar surface area (TPSA) is 61.7 Å².